The second-order valence-corrected chi connectivity index (χ2v) is 6.72. The van der Waals surface area contributed by atoms with Crippen LogP contribution in [-0.2, 0) is 9.53 Å². The Morgan fingerprint density at radius 2 is 1.73 bits per heavy atom. The molecule has 1 aliphatic heterocycles. The first kappa shape index (κ1) is 18.2. The molecule has 0 aromatic heterocycles. The molecule has 0 spiro atoms. The zero-order chi connectivity index (χ0) is 18.5. The van der Waals surface area contributed by atoms with Crippen molar-refractivity contribution in [3.63, 3.8) is 0 Å². The molecule has 0 aliphatic carbocycles. The van der Waals surface area contributed by atoms with Crippen LogP contribution in [0.15, 0.2) is 64.6 Å². The van der Waals surface area contributed by atoms with Gasteiger partial charge >= 0.3 is 12.1 Å². The monoisotopic (exact) mass is 415 g/mol. The maximum atomic E-state index is 12.4. The van der Waals surface area contributed by atoms with E-state index < -0.39 is 12.1 Å². The molecule has 0 atom stereocenters. The van der Waals surface area contributed by atoms with Crippen LogP contribution in [0.25, 0.3) is 5.57 Å². The highest BCUT2D eigenvalue weighted by Gasteiger charge is 2.29. The van der Waals surface area contributed by atoms with E-state index in [9.17, 15) is 9.59 Å². The Morgan fingerprint density at radius 3 is 2.38 bits per heavy atom. The molecular weight excluding hydrogens is 398 g/mol. The van der Waals surface area contributed by atoms with Crippen molar-refractivity contribution in [1.29, 1.82) is 0 Å². The maximum Gasteiger partial charge on any atom is 0.415 e. The van der Waals surface area contributed by atoms with Crippen molar-refractivity contribution in [2.45, 2.75) is 6.42 Å². The number of benzene rings is 2. The highest BCUT2D eigenvalue weighted by atomic mass is 79.9. The predicted octanol–water partition coefficient (Wildman–Crippen LogP) is 4.28. The molecule has 0 N–H and O–H groups in total. The van der Waals surface area contributed by atoms with E-state index in [4.69, 9.17) is 9.47 Å². The summed E-state index contributed by atoms with van der Waals surface area (Å²) in [7, 11) is 1.34. The predicted molar refractivity (Wildman–Crippen MR) is 102 cm³/mol. The fourth-order valence-electron chi connectivity index (χ4n) is 2.85. The van der Waals surface area contributed by atoms with Gasteiger partial charge < -0.3 is 14.4 Å². The fourth-order valence-corrected chi connectivity index (χ4v) is 3.12. The van der Waals surface area contributed by atoms with E-state index in [2.05, 4.69) is 15.9 Å². The number of para-hydroxylation sites is 1. The number of halogens is 1. The molecule has 2 aromatic carbocycles. The van der Waals surface area contributed by atoms with Gasteiger partial charge in [-0.2, -0.15) is 0 Å². The van der Waals surface area contributed by atoms with Gasteiger partial charge in [0.2, 0.25) is 0 Å². The SMILES string of the molecule is COC(=O)C1=C(c2ccc(Br)cc2)CCN(C(=O)Oc2ccccc2)C1. The summed E-state index contributed by atoms with van der Waals surface area (Å²) < 4.78 is 11.3. The number of esters is 1. The third kappa shape index (κ3) is 4.14. The van der Waals surface area contributed by atoms with E-state index in [1.165, 1.54) is 12.0 Å². The van der Waals surface area contributed by atoms with Gasteiger partial charge in [-0.05, 0) is 41.8 Å². The van der Waals surface area contributed by atoms with Crippen LogP contribution in [-0.4, -0.2) is 37.2 Å². The molecular formula is C20H18BrNO4. The first-order valence-corrected chi connectivity index (χ1v) is 8.96. The Bertz CT molecular complexity index is 831. The second kappa shape index (κ2) is 8.19. The van der Waals surface area contributed by atoms with Crippen molar-refractivity contribution in [1.82, 2.24) is 4.90 Å². The average molecular weight is 416 g/mol. The summed E-state index contributed by atoms with van der Waals surface area (Å²) in [5, 5.41) is 0. The lowest BCUT2D eigenvalue weighted by atomic mass is 9.93. The third-order valence-corrected chi connectivity index (χ3v) is 4.70. The molecule has 6 heteroatoms. The van der Waals surface area contributed by atoms with Gasteiger partial charge in [-0.1, -0.05) is 46.3 Å². The number of hydrogen-bond donors (Lipinski definition) is 0. The van der Waals surface area contributed by atoms with Gasteiger partial charge in [0.15, 0.2) is 0 Å². The topological polar surface area (TPSA) is 55.8 Å². The van der Waals surface area contributed by atoms with Gasteiger partial charge in [0.25, 0.3) is 0 Å². The Morgan fingerprint density at radius 1 is 1.04 bits per heavy atom. The summed E-state index contributed by atoms with van der Waals surface area (Å²) in [6.45, 7) is 0.626. The van der Waals surface area contributed by atoms with Crippen LogP contribution in [0.1, 0.15) is 12.0 Å². The van der Waals surface area contributed by atoms with E-state index in [0.29, 0.717) is 24.3 Å². The number of methoxy groups -OCH3 is 1. The molecule has 3 rings (SSSR count). The zero-order valence-corrected chi connectivity index (χ0v) is 15.9. The van der Waals surface area contributed by atoms with Gasteiger partial charge in [0.1, 0.15) is 5.75 Å². The lowest BCUT2D eigenvalue weighted by Crippen LogP contribution is -2.40. The number of carbonyl (C=O) groups is 2. The lowest BCUT2D eigenvalue weighted by Gasteiger charge is -2.29. The number of ether oxygens (including phenoxy) is 2. The number of hydrogen-bond acceptors (Lipinski definition) is 4. The molecule has 1 amide bonds. The summed E-state index contributed by atoms with van der Waals surface area (Å²) in [6.07, 6.45) is 0.0723. The standard InChI is InChI=1S/C20H18BrNO4/c1-25-19(23)18-13-22(20(24)26-16-5-3-2-4-6-16)12-11-17(18)14-7-9-15(21)10-8-14/h2-10H,11-13H2,1H3. The van der Waals surface area contributed by atoms with E-state index in [1.54, 1.807) is 24.3 Å². The van der Waals surface area contributed by atoms with Crippen LogP contribution < -0.4 is 4.74 Å². The molecule has 0 radical (unpaired) electrons. The largest absolute Gasteiger partial charge is 0.466 e. The van der Waals surface area contributed by atoms with Crippen molar-refractivity contribution < 1.29 is 19.1 Å². The van der Waals surface area contributed by atoms with E-state index in [1.807, 2.05) is 30.3 Å². The molecule has 5 nitrogen and oxygen atoms in total. The molecule has 1 aliphatic rings. The highest BCUT2D eigenvalue weighted by Crippen LogP contribution is 2.29. The summed E-state index contributed by atoms with van der Waals surface area (Å²) in [4.78, 5) is 26.2. The van der Waals surface area contributed by atoms with Crippen LogP contribution in [0.2, 0.25) is 0 Å². The molecule has 0 fully saturated rings. The first-order chi connectivity index (χ1) is 12.6. The van der Waals surface area contributed by atoms with Crippen LogP contribution in [0.3, 0.4) is 0 Å². The normalized spacial score (nSPS) is 14.2. The van der Waals surface area contributed by atoms with Crippen LogP contribution in [0, 0.1) is 0 Å². The van der Waals surface area contributed by atoms with Gasteiger partial charge in [0.05, 0.1) is 19.2 Å². The number of carbonyl (C=O) groups excluding carboxylic acids is 2. The zero-order valence-electron chi connectivity index (χ0n) is 14.3. The molecule has 1 heterocycles. The minimum atomic E-state index is -0.479. The summed E-state index contributed by atoms with van der Waals surface area (Å²) in [6, 6.07) is 16.6. The Kier molecular flexibility index (Phi) is 5.73. The minimum Gasteiger partial charge on any atom is -0.466 e. The molecule has 0 unspecified atom stereocenters. The Labute approximate surface area is 160 Å². The molecule has 0 saturated carbocycles. The quantitative estimate of drug-likeness (QED) is 0.701. The van der Waals surface area contributed by atoms with Crippen molar-refractivity contribution in [3.05, 3.63) is 70.2 Å². The minimum absolute atomic E-state index is 0.156. The fraction of sp³-hybridized carbons (Fsp3) is 0.200. The van der Waals surface area contributed by atoms with Gasteiger partial charge in [-0.25, -0.2) is 9.59 Å². The summed E-state index contributed by atoms with van der Waals surface area (Å²) in [5.41, 5.74) is 2.32. The van der Waals surface area contributed by atoms with Gasteiger partial charge in [-0.15, -0.1) is 0 Å². The molecule has 0 saturated heterocycles. The highest BCUT2D eigenvalue weighted by molar-refractivity contribution is 9.10. The van der Waals surface area contributed by atoms with Gasteiger partial charge in [0, 0.05) is 11.0 Å². The van der Waals surface area contributed by atoms with E-state index in [-0.39, 0.29) is 6.54 Å². The van der Waals surface area contributed by atoms with Crippen molar-refractivity contribution in [3.8, 4) is 5.75 Å². The third-order valence-electron chi connectivity index (χ3n) is 4.18. The first-order valence-electron chi connectivity index (χ1n) is 8.16. The summed E-state index contributed by atoms with van der Waals surface area (Å²) in [5.74, 6) is 0.0416. The molecule has 26 heavy (non-hydrogen) atoms. The Hall–Kier alpha value is -2.60. The molecule has 2 aromatic rings. The average Bonchev–Trinajstić information content (AvgIpc) is 2.68. The van der Waals surface area contributed by atoms with Crippen LogP contribution in [0.4, 0.5) is 4.79 Å². The lowest BCUT2D eigenvalue weighted by molar-refractivity contribution is -0.136. The van der Waals surface area contributed by atoms with Gasteiger partial charge in [-0.3, -0.25) is 0 Å². The van der Waals surface area contributed by atoms with Crippen molar-refractivity contribution in [2.24, 2.45) is 0 Å². The number of nitrogens with zero attached hydrogens (tertiary/aromatic N) is 1. The Balaban J connectivity index is 1.83. The smallest absolute Gasteiger partial charge is 0.415 e. The molecule has 134 valence electrons. The number of rotatable bonds is 3. The van der Waals surface area contributed by atoms with Crippen LogP contribution >= 0.6 is 15.9 Å². The van der Waals surface area contributed by atoms with Crippen LogP contribution in [0.5, 0.6) is 5.75 Å². The van der Waals surface area contributed by atoms with E-state index >= 15 is 0 Å². The van der Waals surface area contributed by atoms with E-state index in [0.717, 1.165) is 15.6 Å². The van der Waals surface area contributed by atoms with Crippen molar-refractivity contribution in [2.75, 3.05) is 20.2 Å². The molecule has 0 bridgehead atoms. The van der Waals surface area contributed by atoms with Crippen molar-refractivity contribution >= 4 is 33.6 Å². The maximum absolute atomic E-state index is 12.4. The second-order valence-electron chi connectivity index (χ2n) is 5.81. The number of amides is 1. The summed E-state index contributed by atoms with van der Waals surface area (Å²) >= 11 is 3.41.